The minimum Gasteiger partial charge on any atom is -0.474 e. The minimum absolute atomic E-state index is 0.174. The highest BCUT2D eigenvalue weighted by atomic mass is 16.6. The molecule has 0 radical (unpaired) electrons. The van der Waals surface area contributed by atoms with Crippen LogP contribution in [0.25, 0.3) is 0 Å². The van der Waals surface area contributed by atoms with Gasteiger partial charge in [0.2, 0.25) is 0 Å². The molecule has 8 nitrogen and oxygen atoms in total. The van der Waals surface area contributed by atoms with Gasteiger partial charge in [-0.2, -0.15) is 0 Å². The minimum atomic E-state index is -0.560. The second-order valence-corrected chi connectivity index (χ2v) is 5.80. The molecular weight excluding hydrogens is 300 g/mol. The number of hydrogen-bond donors (Lipinski definition) is 0. The van der Waals surface area contributed by atoms with Crippen LogP contribution >= 0.6 is 0 Å². The predicted molar refractivity (Wildman–Crippen MR) is 83.6 cm³/mol. The lowest BCUT2D eigenvalue weighted by Crippen LogP contribution is -2.48. The molecule has 3 heterocycles. The highest BCUT2D eigenvalue weighted by molar-refractivity contribution is 5.99. The maximum atomic E-state index is 12.6. The summed E-state index contributed by atoms with van der Waals surface area (Å²) >= 11 is 0. The van der Waals surface area contributed by atoms with Gasteiger partial charge in [0.15, 0.2) is 11.9 Å². The van der Waals surface area contributed by atoms with Gasteiger partial charge < -0.3 is 19.8 Å². The van der Waals surface area contributed by atoms with Gasteiger partial charge in [-0.3, -0.25) is 9.69 Å². The van der Waals surface area contributed by atoms with E-state index in [4.69, 9.17) is 4.74 Å². The molecule has 1 fully saturated rings. The Bertz CT molecular complexity index is 615. The molecule has 124 valence electrons. The Morgan fingerprint density at radius 3 is 2.74 bits per heavy atom. The first-order valence-corrected chi connectivity index (χ1v) is 7.96. The van der Waals surface area contributed by atoms with Gasteiger partial charge in [-0.05, 0) is 48.3 Å². The van der Waals surface area contributed by atoms with E-state index >= 15 is 0 Å². The van der Waals surface area contributed by atoms with E-state index in [0.29, 0.717) is 18.7 Å². The summed E-state index contributed by atoms with van der Waals surface area (Å²) in [5, 5.41) is 11.0. The van der Waals surface area contributed by atoms with Crippen LogP contribution in [-0.4, -0.2) is 53.0 Å². The van der Waals surface area contributed by atoms with E-state index in [2.05, 4.69) is 9.88 Å². The topological polar surface area (TPSA) is 88.8 Å². The fourth-order valence-electron chi connectivity index (χ4n) is 3.02. The number of nitro groups is 1. The lowest BCUT2D eigenvalue weighted by Gasteiger charge is -2.31. The number of rotatable bonds is 5. The number of carbonyl (C=O) groups is 1. The lowest BCUT2D eigenvalue weighted by molar-refractivity contribution is -0.389. The molecule has 0 N–H and O–H groups in total. The molecule has 2 aliphatic heterocycles. The van der Waals surface area contributed by atoms with Crippen LogP contribution in [0, 0.1) is 10.1 Å². The number of aromatic nitrogens is 1. The molecule has 3 rings (SSSR count). The molecule has 1 saturated heterocycles. The van der Waals surface area contributed by atoms with Gasteiger partial charge in [0.05, 0.1) is 0 Å². The van der Waals surface area contributed by atoms with Crippen molar-refractivity contribution in [2.75, 3.05) is 31.1 Å². The van der Waals surface area contributed by atoms with E-state index in [9.17, 15) is 14.9 Å². The average Bonchev–Trinajstić information content (AvgIpc) is 3.06. The van der Waals surface area contributed by atoms with Gasteiger partial charge in [-0.25, -0.2) is 0 Å². The molecule has 1 unspecified atom stereocenters. The number of carbonyl (C=O) groups excluding carboxylic acids is 1. The van der Waals surface area contributed by atoms with Crippen molar-refractivity contribution in [2.24, 2.45) is 0 Å². The number of hydrogen-bond acceptors (Lipinski definition) is 6. The number of likely N-dealkylation sites (tertiary alicyclic amines) is 1. The Hall–Kier alpha value is -2.22. The number of amides is 1. The van der Waals surface area contributed by atoms with Crippen molar-refractivity contribution in [2.45, 2.75) is 32.3 Å². The summed E-state index contributed by atoms with van der Waals surface area (Å²) in [5.41, 5.74) is 0. The molecule has 23 heavy (non-hydrogen) atoms. The van der Waals surface area contributed by atoms with E-state index < -0.39 is 11.0 Å². The average molecular weight is 320 g/mol. The van der Waals surface area contributed by atoms with Crippen LogP contribution < -0.4 is 9.64 Å². The molecular formula is C15H20N4O4. The summed E-state index contributed by atoms with van der Waals surface area (Å²) in [6.07, 6.45) is 2.35. The van der Waals surface area contributed by atoms with Gasteiger partial charge in [0.25, 0.3) is 11.7 Å². The normalized spacial score (nSPS) is 21.2. The fourth-order valence-corrected chi connectivity index (χ4v) is 3.02. The molecule has 0 aliphatic carbocycles. The Morgan fingerprint density at radius 1 is 1.35 bits per heavy atom. The van der Waals surface area contributed by atoms with Crippen LogP contribution in [0.3, 0.4) is 0 Å². The van der Waals surface area contributed by atoms with E-state index in [0.717, 1.165) is 19.6 Å². The van der Waals surface area contributed by atoms with E-state index in [1.54, 1.807) is 4.90 Å². The molecule has 1 aromatic rings. The third-order valence-electron chi connectivity index (χ3n) is 4.29. The summed E-state index contributed by atoms with van der Waals surface area (Å²) in [4.78, 5) is 30.8. The third kappa shape index (κ3) is 3.12. The van der Waals surface area contributed by atoms with Gasteiger partial charge in [0.1, 0.15) is 0 Å². The van der Waals surface area contributed by atoms with Crippen molar-refractivity contribution in [3.8, 4) is 5.75 Å². The maximum absolute atomic E-state index is 12.6. The SMILES string of the molecule is CCC1Oc2ccc([N+](=O)[O-])nc2N(CCN2CCCC2)C1=O. The van der Waals surface area contributed by atoms with E-state index in [-0.39, 0.29) is 17.5 Å². The maximum Gasteiger partial charge on any atom is 0.366 e. The Morgan fingerprint density at radius 2 is 2.09 bits per heavy atom. The van der Waals surface area contributed by atoms with Crippen LogP contribution in [0.2, 0.25) is 0 Å². The highest BCUT2D eigenvalue weighted by Gasteiger charge is 2.38. The smallest absolute Gasteiger partial charge is 0.366 e. The van der Waals surface area contributed by atoms with Crippen molar-refractivity contribution in [1.29, 1.82) is 0 Å². The first-order valence-electron chi connectivity index (χ1n) is 7.96. The first kappa shape index (κ1) is 15.7. The number of fused-ring (bicyclic) bond motifs is 1. The number of ether oxygens (including phenoxy) is 1. The monoisotopic (exact) mass is 320 g/mol. The second-order valence-electron chi connectivity index (χ2n) is 5.80. The van der Waals surface area contributed by atoms with Gasteiger partial charge in [-0.1, -0.05) is 6.92 Å². The summed E-state index contributed by atoms with van der Waals surface area (Å²) in [7, 11) is 0. The lowest BCUT2D eigenvalue weighted by atomic mass is 10.2. The summed E-state index contributed by atoms with van der Waals surface area (Å²) < 4.78 is 5.64. The molecule has 1 atom stereocenters. The summed E-state index contributed by atoms with van der Waals surface area (Å²) in [5.74, 6) is 0.241. The quantitative estimate of drug-likeness (QED) is 0.604. The zero-order valence-corrected chi connectivity index (χ0v) is 13.1. The van der Waals surface area contributed by atoms with Crippen molar-refractivity contribution in [1.82, 2.24) is 9.88 Å². The molecule has 0 saturated carbocycles. The largest absolute Gasteiger partial charge is 0.474 e. The van der Waals surface area contributed by atoms with Crippen LogP contribution in [0.1, 0.15) is 26.2 Å². The Kier molecular flexibility index (Phi) is 4.42. The van der Waals surface area contributed by atoms with Crippen molar-refractivity contribution < 1.29 is 14.5 Å². The highest BCUT2D eigenvalue weighted by Crippen LogP contribution is 2.34. The Balaban J connectivity index is 1.86. The Labute approximate surface area is 134 Å². The molecule has 1 aromatic heterocycles. The van der Waals surface area contributed by atoms with Gasteiger partial charge >= 0.3 is 5.82 Å². The molecule has 0 bridgehead atoms. The fraction of sp³-hybridized carbons (Fsp3) is 0.600. The number of nitrogens with zero attached hydrogens (tertiary/aromatic N) is 4. The van der Waals surface area contributed by atoms with Crippen molar-refractivity contribution in [3.05, 3.63) is 22.2 Å². The summed E-state index contributed by atoms with van der Waals surface area (Å²) in [6.45, 7) is 5.16. The number of pyridine rings is 1. The van der Waals surface area contributed by atoms with Crippen LogP contribution in [0.5, 0.6) is 5.75 Å². The van der Waals surface area contributed by atoms with Crippen molar-refractivity contribution in [3.63, 3.8) is 0 Å². The molecule has 0 aromatic carbocycles. The van der Waals surface area contributed by atoms with Crippen LogP contribution in [-0.2, 0) is 4.79 Å². The zero-order valence-electron chi connectivity index (χ0n) is 13.1. The first-order chi connectivity index (χ1) is 11.1. The summed E-state index contributed by atoms with van der Waals surface area (Å²) in [6, 6.07) is 2.83. The van der Waals surface area contributed by atoms with Crippen LogP contribution in [0.4, 0.5) is 11.6 Å². The molecule has 2 aliphatic rings. The predicted octanol–water partition coefficient (Wildman–Crippen LogP) is 1.59. The third-order valence-corrected chi connectivity index (χ3v) is 4.29. The van der Waals surface area contributed by atoms with Crippen molar-refractivity contribution >= 4 is 17.5 Å². The standard InChI is InChI=1S/C15H20N4O4/c1-2-11-15(20)18(10-9-17-7-3-4-8-17)14-12(23-11)5-6-13(16-14)19(21)22/h5-6,11H,2-4,7-10H2,1H3. The number of anilines is 1. The van der Waals surface area contributed by atoms with E-state index in [1.165, 1.54) is 25.0 Å². The van der Waals surface area contributed by atoms with Gasteiger partial charge in [0, 0.05) is 19.2 Å². The molecule has 1 amide bonds. The zero-order chi connectivity index (χ0) is 16.4. The molecule has 8 heteroatoms. The second kappa shape index (κ2) is 6.49. The van der Waals surface area contributed by atoms with E-state index in [1.807, 2.05) is 6.92 Å². The molecule has 0 spiro atoms. The van der Waals surface area contributed by atoms with Crippen LogP contribution in [0.15, 0.2) is 12.1 Å². The van der Waals surface area contributed by atoms with Gasteiger partial charge in [-0.15, -0.1) is 0 Å².